The molecule has 2 amide bonds. The van der Waals surface area contributed by atoms with E-state index in [9.17, 15) is 9.59 Å². The molecule has 0 unspecified atom stereocenters. The van der Waals surface area contributed by atoms with Crippen LogP contribution in [0.4, 0.5) is 0 Å². The third kappa shape index (κ3) is 5.17. The lowest BCUT2D eigenvalue weighted by Gasteiger charge is -2.22. The van der Waals surface area contributed by atoms with E-state index in [1.165, 1.54) is 12.8 Å². The smallest absolute Gasteiger partial charge is 0.227 e. The molecule has 17 heavy (non-hydrogen) atoms. The van der Waals surface area contributed by atoms with E-state index in [1.807, 2.05) is 13.8 Å². The lowest BCUT2D eigenvalue weighted by molar-refractivity contribution is -0.129. The largest absolute Gasteiger partial charge is 0.359 e. The number of carbonyl (C=O) groups is 2. The van der Waals surface area contributed by atoms with Gasteiger partial charge in [-0.25, -0.2) is 0 Å². The summed E-state index contributed by atoms with van der Waals surface area (Å²) in [5.41, 5.74) is -0.561. The third-order valence-corrected chi connectivity index (χ3v) is 2.93. The van der Waals surface area contributed by atoms with Crippen LogP contribution in [0.2, 0.25) is 0 Å². The lowest BCUT2D eigenvalue weighted by Crippen LogP contribution is -2.44. The predicted molar refractivity (Wildman–Crippen MR) is 66.5 cm³/mol. The summed E-state index contributed by atoms with van der Waals surface area (Å²) in [7, 11) is 1.60. The molecule has 5 nitrogen and oxygen atoms in total. The topological polar surface area (TPSA) is 70.2 Å². The molecule has 0 saturated heterocycles. The summed E-state index contributed by atoms with van der Waals surface area (Å²) in [6.07, 6.45) is 2.93. The summed E-state index contributed by atoms with van der Waals surface area (Å²) >= 11 is 0. The van der Waals surface area contributed by atoms with Crippen molar-refractivity contribution in [2.24, 2.45) is 5.41 Å². The van der Waals surface area contributed by atoms with E-state index in [-0.39, 0.29) is 11.8 Å². The molecule has 1 fully saturated rings. The standard InChI is InChI=1S/C12H23N3O2/c1-12(2,11(17)13-3)8-15-10(16)6-7-14-9-4-5-9/h9,14H,4-8H2,1-3H3,(H,13,17)(H,15,16). The number of hydrogen-bond acceptors (Lipinski definition) is 3. The van der Waals surface area contributed by atoms with Gasteiger partial charge in [-0.3, -0.25) is 9.59 Å². The van der Waals surface area contributed by atoms with Gasteiger partial charge in [-0.05, 0) is 26.7 Å². The number of rotatable bonds is 7. The Labute approximate surface area is 103 Å². The first-order valence-corrected chi connectivity index (χ1v) is 6.18. The minimum atomic E-state index is -0.561. The summed E-state index contributed by atoms with van der Waals surface area (Å²) in [5.74, 6) is -0.0657. The number of amides is 2. The third-order valence-electron chi connectivity index (χ3n) is 2.93. The maximum absolute atomic E-state index is 11.5. The fourth-order valence-corrected chi connectivity index (χ4v) is 1.50. The van der Waals surface area contributed by atoms with E-state index in [0.29, 0.717) is 19.0 Å². The molecule has 0 aromatic rings. The number of nitrogens with one attached hydrogen (secondary N) is 3. The second kappa shape index (κ2) is 6.00. The molecule has 0 aromatic carbocycles. The van der Waals surface area contributed by atoms with Crippen LogP contribution in [-0.4, -0.2) is 38.0 Å². The molecule has 5 heteroatoms. The van der Waals surface area contributed by atoms with Gasteiger partial charge < -0.3 is 16.0 Å². The summed E-state index contributed by atoms with van der Waals surface area (Å²) in [6, 6.07) is 0.630. The van der Waals surface area contributed by atoms with E-state index in [1.54, 1.807) is 7.05 Å². The van der Waals surface area contributed by atoms with Gasteiger partial charge in [-0.1, -0.05) is 0 Å². The van der Waals surface area contributed by atoms with Crippen molar-refractivity contribution in [1.82, 2.24) is 16.0 Å². The molecule has 1 saturated carbocycles. The van der Waals surface area contributed by atoms with Gasteiger partial charge in [-0.15, -0.1) is 0 Å². The molecular weight excluding hydrogens is 218 g/mol. The van der Waals surface area contributed by atoms with E-state index < -0.39 is 5.41 Å². The Morgan fingerprint density at radius 3 is 2.47 bits per heavy atom. The van der Waals surface area contributed by atoms with Crippen LogP contribution in [0.1, 0.15) is 33.1 Å². The van der Waals surface area contributed by atoms with E-state index in [4.69, 9.17) is 0 Å². The molecule has 0 spiro atoms. The first-order valence-electron chi connectivity index (χ1n) is 6.18. The van der Waals surface area contributed by atoms with Crippen LogP contribution in [0.3, 0.4) is 0 Å². The molecule has 0 aliphatic heterocycles. The van der Waals surface area contributed by atoms with Crippen molar-refractivity contribution in [3.05, 3.63) is 0 Å². The molecule has 0 aromatic heterocycles. The Balaban J connectivity index is 2.14. The quantitative estimate of drug-likeness (QED) is 0.588. The van der Waals surface area contributed by atoms with Crippen molar-refractivity contribution in [2.75, 3.05) is 20.1 Å². The van der Waals surface area contributed by atoms with Crippen LogP contribution in [0.25, 0.3) is 0 Å². The molecule has 0 heterocycles. The molecular formula is C12H23N3O2. The Morgan fingerprint density at radius 2 is 1.94 bits per heavy atom. The second-order valence-electron chi connectivity index (χ2n) is 5.22. The Kier molecular flexibility index (Phi) is 4.93. The Hall–Kier alpha value is -1.10. The van der Waals surface area contributed by atoms with Gasteiger partial charge in [0.1, 0.15) is 0 Å². The minimum Gasteiger partial charge on any atom is -0.359 e. The van der Waals surface area contributed by atoms with Crippen molar-refractivity contribution in [3.8, 4) is 0 Å². The van der Waals surface area contributed by atoms with Gasteiger partial charge in [0.2, 0.25) is 11.8 Å². The zero-order chi connectivity index (χ0) is 12.9. The summed E-state index contributed by atoms with van der Waals surface area (Å²) in [6.45, 7) is 4.72. The zero-order valence-corrected chi connectivity index (χ0v) is 10.9. The second-order valence-corrected chi connectivity index (χ2v) is 5.22. The molecule has 1 rings (SSSR count). The van der Waals surface area contributed by atoms with Gasteiger partial charge in [0.25, 0.3) is 0 Å². The average molecular weight is 241 g/mol. The maximum Gasteiger partial charge on any atom is 0.227 e. The molecule has 1 aliphatic carbocycles. The van der Waals surface area contributed by atoms with Crippen LogP contribution in [0.15, 0.2) is 0 Å². The molecule has 0 bridgehead atoms. The van der Waals surface area contributed by atoms with Gasteiger partial charge >= 0.3 is 0 Å². The first kappa shape index (κ1) is 14.0. The fraction of sp³-hybridized carbons (Fsp3) is 0.833. The minimum absolute atomic E-state index is 0.00451. The van der Waals surface area contributed by atoms with Gasteiger partial charge in [0, 0.05) is 32.6 Å². The summed E-state index contributed by atoms with van der Waals surface area (Å²) in [5, 5.41) is 8.66. The van der Waals surface area contributed by atoms with Crippen LogP contribution in [0.5, 0.6) is 0 Å². The van der Waals surface area contributed by atoms with Crippen LogP contribution < -0.4 is 16.0 Å². The van der Waals surface area contributed by atoms with Crippen molar-refractivity contribution >= 4 is 11.8 Å². The molecule has 0 atom stereocenters. The molecule has 98 valence electrons. The van der Waals surface area contributed by atoms with Crippen molar-refractivity contribution in [2.45, 2.75) is 39.2 Å². The van der Waals surface area contributed by atoms with E-state index in [2.05, 4.69) is 16.0 Å². The molecule has 1 aliphatic rings. The highest BCUT2D eigenvalue weighted by Crippen LogP contribution is 2.18. The number of carbonyl (C=O) groups excluding carboxylic acids is 2. The highest BCUT2D eigenvalue weighted by atomic mass is 16.2. The lowest BCUT2D eigenvalue weighted by atomic mass is 9.92. The Morgan fingerprint density at radius 1 is 1.29 bits per heavy atom. The average Bonchev–Trinajstić information content (AvgIpc) is 3.09. The predicted octanol–water partition coefficient (Wildman–Crippen LogP) is 0.0169. The zero-order valence-electron chi connectivity index (χ0n) is 10.9. The van der Waals surface area contributed by atoms with Gasteiger partial charge in [0.15, 0.2) is 0 Å². The SMILES string of the molecule is CNC(=O)C(C)(C)CNC(=O)CCNC1CC1. The van der Waals surface area contributed by atoms with E-state index in [0.717, 1.165) is 6.54 Å². The number of hydrogen-bond donors (Lipinski definition) is 3. The van der Waals surface area contributed by atoms with Gasteiger partial charge in [0.05, 0.1) is 5.41 Å². The highest BCUT2D eigenvalue weighted by molar-refractivity contribution is 5.83. The highest BCUT2D eigenvalue weighted by Gasteiger charge is 2.27. The fourth-order valence-electron chi connectivity index (χ4n) is 1.50. The maximum atomic E-state index is 11.5. The molecule has 3 N–H and O–H groups in total. The van der Waals surface area contributed by atoms with Gasteiger partial charge in [-0.2, -0.15) is 0 Å². The van der Waals surface area contributed by atoms with Crippen molar-refractivity contribution in [1.29, 1.82) is 0 Å². The summed E-state index contributed by atoms with van der Waals surface area (Å²) in [4.78, 5) is 23.0. The van der Waals surface area contributed by atoms with E-state index >= 15 is 0 Å². The van der Waals surface area contributed by atoms with Crippen LogP contribution >= 0.6 is 0 Å². The normalized spacial score (nSPS) is 15.5. The van der Waals surface area contributed by atoms with Crippen molar-refractivity contribution in [3.63, 3.8) is 0 Å². The van der Waals surface area contributed by atoms with Crippen LogP contribution in [0, 0.1) is 5.41 Å². The monoisotopic (exact) mass is 241 g/mol. The Bertz CT molecular complexity index is 285. The first-order chi connectivity index (χ1) is 7.95. The van der Waals surface area contributed by atoms with Crippen LogP contribution in [-0.2, 0) is 9.59 Å². The summed E-state index contributed by atoms with van der Waals surface area (Å²) < 4.78 is 0. The van der Waals surface area contributed by atoms with Crippen molar-refractivity contribution < 1.29 is 9.59 Å². The molecule has 0 radical (unpaired) electrons.